The second kappa shape index (κ2) is 6.38. The first-order valence-electron chi connectivity index (χ1n) is 7.80. The van der Waals surface area contributed by atoms with Gasteiger partial charge in [-0.05, 0) is 55.6 Å². The molecule has 0 atom stereocenters. The van der Waals surface area contributed by atoms with Gasteiger partial charge in [0.05, 0.1) is 37.1 Å². The zero-order valence-electron chi connectivity index (χ0n) is 13.7. The molecule has 0 aliphatic heterocycles. The molecule has 6 heteroatoms. The summed E-state index contributed by atoms with van der Waals surface area (Å²) in [5, 5.41) is 5.99. The Balaban J connectivity index is 1.59. The largest absolute Gasteiger partial charge is 0.322 e. The summed E-state index contributed by atoms with van der Waals surface area (Å²) in [6, 6.07) is 13.5. The van der Waals surface area contributed by atoms with Gasteiger partial charge in [0.25, 0.3) is 5.91 Å². The summed E-state index contributed by atoms with van der Waals surface area (Å²) in [7, 11) is 0. The van der Waals surface area contributed by atoms with Crippen molar-refractivity contribution in [3.8, 4) is 10.6 Å². The van der Waals surface area contributed by atoms with Crippen molar-refractivity contribution >= 4 is 44.5 Å². The fourth-order valence-corrected chi connectivity index (χ4v) is 4.24. The molecule has 124 valence electrons. The number of pyridine rings is 1. The highest BCUT2D eigenvalue weighted by Crippen LogP contribution is 2.26. The molecule has 0 fully saturated rings. The Labute approximate surface area is 153 Å². The van der Waals surface area contributed by atoms with Crippen LogP contribution in [-0.4, -0.2) is 15.9 Å². The van der Waals surface area contributed by atoms with Crippen molar-refractivity contribution in [1.29, 1.82) is 0 Å². The maximum absolute atomic E-state index is 12.6. The first-order chi connectivity index (χ1) is 12.1. The number of thiophene rings is 1. The van der Waals surface area contributed by atoms with E-state index < -0.39 is 0 Å². The van der Waals surface area contributed by atoms with Gasteiger partial charge in [-0.25, -0.2) is 4.98 Å². The second-order valence-electron chi connectivity index (χ2n) is 5.68. The lowest BCUT2D eigenvalue weighted by Crippen LogP contribution is -2.14. The molecule has 1 amide bonds. The van der Waals surface area contributed by atoms with Gasteiger partial charge < -0.3 is 5.32 Å². The minimum Gasteiger partial charge on any atom is -0.322 e. The first-order valence-corrected chi connectivity index (χ1v) is 9.50. The van der Waals surface area contributed by atoms with E-state index in [-0.39, 0.29) is 5.91 Å². The number of anilines is 1. The van der Waals surface area contributed by atoms with Gasteiger partial charge in [-0.3, -0.25) is 9.78 Å². The van der Waals surface area contributed by atoms with E-state index >= 15 is 0 Å². The molecule has 1 N–H and O–H groups in total. The maximum atomic E-state index is 12.6. The third kappa shape index (κ3) is 3.18. The smallest absolute Gasteiger partial charge is 0.257 e. The summed E-state index contributed by atoms with van der Waals surface area (Å²) in [4.78, 5) is 22.7. The van der Waals surface area contributed by atoms with Crippen molar-refractivity contribution in [2.45, 2.75) is 13.8 Å². The van der Waals surface area contributed by atoms with Gasteiger partial charge in [-0.15, -0.1) is 22.7 Å². The Kier molecular flexibility index (Phi) is 4.07. The standard InChI is InChI=1S/C19H15N3OS2/c1-11-14(6-8-15(20-11)17-4-3-9-24-17)19(23)22-13-5-7-16-18(10-13)25-12(2)21-16/h3-10H,1-2H3,(H,22,23). The van der Waals surface area contributed by atoms with Crippen LogP contribution in [0, 0.1) is 13.8 Å². The fraction of sp³-hybridized carbons (Fsp3) is 0.105. The topological polar surface area (TPSA) is 54.9 Å². The molecule has 0 bridgehead atoms. The number of aryl methyl sites for hydroxylation is 2. The quantitative estimate of drug-likeness (QED) is 0.537. The molecule has 0 saturated carbocycles. The van der Waals surface area contributed by atoms with Crippen LogP contribution in [-0.2, 0) is 0 Å². The van der Waals surface area contributed by atoms with Gasteiger partial charge in [0, 0.05) is 5.69 Å². The van der Waals surface area contributed by atoms with Crippen molar-refractivity contribution in [3.63, 3.8) is 0 Å². The highest BCUT2D eigenvalue weighted by molar-refractivity contribution is 7.18. The lowest BCUT2D eigenvalue weighted by Gasteiger charge is -2.08. The second-order valence-corrected chi connectivity index (χ2v) is 7.86. The minimum atomic E-state index is -0.150. The third-order valence-corrected chi connectivity index (χ3v) is 5.68. The van der Waals surface area contributed by atoms with E-state index in [1.165, 1.54) is 0 Å². The van der Waals surface area contributed by atoms with Crippen LogP contribution >= 0.6 is 22.7 Å². The lowest BCUT2D eigenvalue weighted by molar-refractivity contribution is 0.102. The van der Waals surface area contributed by atoms with Gasteiger partial charge in [-0.1, -0.05) is 6.07 Å². The van der Waals surface area contributed by atoms with E-state index in [9.17, 15) is 4.79 Å². The van der Waals surface area contributed by atoms with E-state index in [0.29, 0.717) is 5.56 Å². The average molecular weight is 365 g/mol. The first kappa shape index (κ1) is 15.9. The van der Waals surface area contributed by atoms with E-state index in [2.05, 4.69) is 15.3 Å². The average Bonchev–Trinajstić information content (AvgIpc) is 3.22. The van der Waals surface area contributed by atoms with Gasteiger partial charge in [0.2, 0.25) is 0 Å². The van der Waals surface area contributed by atoms with E-state index in [1.807, 2.05) is 61.7 Å². The number of thiazole rings is 1. The van der Waals surface area contributed by atoms with E-state index in [4.69, 9.17) is 0 Å². The number of hydrogen-bond donors (Lipinski definition) is 1. The number of amides is 1. The number of fused-ring (bicyclic) bond motifs is 1. The summed E-state index contributed by atoms with van der Waals surface area (Å²) in [6.07, 6.45) is 0. The van der Waals surface area contributed by atoms with Crippen LogP contribution in [0.3, 0.4) is 0 Å². The van der Waals surface area contributed by atoms with E-state index in [1.54, 1.807) is 22.7 Å². The molecule has 4 rings (SSSR count). The van der Waals surface area contributed by atoms with Crippen LogP contribution in [0.4, 0.5) is 5.69 Å². The van der Waals surface area contributed by atoms with Gasteiger partial charge >= 0.3 is 0 Å². The summed E-state index contributed by atoms with van der Waals surface area (Å²) >= 11 is 3.26. The van der Waals surface area contributed by atoms with Crippen LogP contribution < -0.4 is 5.32 Å². The number of aromatic nitrogens is 2. The van der Waals surface area contributed by atoms with Crippen molar-refractivity contribution < 1.29 is 4.79 Å². The van der Waals surface area contributed by atoms with Crippen LogP contribution in [0.1, 0.15) is 21.1 Å². The van der Waals surface area contributed by atoms with Crippen molar-refractivity contribution in [3.05, 3.63) is 64.1 Å². The normalized spacial score (nSPS) is 11.0. The van der Waals surface area contributed by atoms with Crippen LogP contribution in [0.5, 0.6) is 0 Å². The number of benzene rings is 1. The molecule has 0 radical (unpaired) electrons. The number of nitrogens with one attached hydrogen (secondary N) is 1. The summed E-state index contributed by atoms with van der Waals surface area (Å²) in [6.45, 7) is 3.84. The molecule has 0 aliphatic rings. The molecular weight excluding hydrogens is 350 g/mol. The minimum absolute atomic E-state index is 0.150. The third-order valence-electron chi connectivity index (χ3n) is 3.86. The van der Waals surface area contributed by atoms with Gasteiger partial charge in [0.1, 0.15) is 0 Å². The Bertz CT molecular complexity index is 1070. The molecule has 4 aromatic rings. The molecule has 0 spiro atoms. The fourth-order valence-electron chi connectivity index (χ4n) is 2.68. The summed E-state index contributed by atoms with van der Waals surface area (Å²) in [5.74, 6) is -0.150. The van der Waals surface area contributed by atoms with Crippen molar-refractivity contribution in [2.24, 2.45) is 0 Å². The molecule has 3 aromatic heterocycles. The SMILES string of the molecule is Cc1nc2ccc(NC(=O)c3ccc(-c4cccs4)nc3C)cc2s1. The van der Waals surface area contributed by atoms with Crippen LogP contribution in [0.2, 0.25) is 0 Å². The molecule has 1 aromatic carbocycles. The van der Waals surface area contributed by atoms with Crippen molar-refractivity contribution in [2.75, 3.05) is 5.32 Å². The predicted octanol–water partition coefficient (Wildman–Crippen LogP) is 5.29. The van der Waals surface area contributed by atoms with Crippen LogP contribution in [0.25, 0.3) is 20.8 Å². The Morgan fingerprint density at radius 1 is 1.08 bits per heavy atom. The molecular formula is C19H15N3OS2. The van der Waals surface area contributed by atoms with Gasteiger partial charge in [0.15, 0.2) is 0 Å². The Morgan fingerprint density at radius 2 is 1.96 bits per heavy atom. The highest BCUT2D eigenvalue weighted by Gasteiger charge is 2.13. The Morgan fingerprint density at radius 3 is 2.72 bits per heavy atom. The number of carbonyl (C=O) groups is 1. The Hall–Kier alpha value is -2.57. The number of carbonyl (C=O) groups excluding carboxylic acids is 1. The summed E-state index contributed by atoms with van der Waals surface area (Å²) < 4.78 is 1.07. The van der Waals surface area contributed by atoms with Crippen LogP contribution in [0.15, 0.2) is 47.8 Å². The molecule has 0 aliphatic carbocycles. The number of hydrogen-bond acceptors (Lipinski definition) is 5. The number of rotatable bonds is 3. The molecule has 25 heavy (non-hydrogen) atoms. The predicted molar refractivity (Wildman–Crippen MR) is 105 cm³/mol. The lowest BCUT2D eigenvalue weighted by atomic mass is 10.1. The maximum Gasteiger partial charge on any atom is 0.257 e. The molecule has 0 unspecified atom stereocenters. The monoisotopic (exact) mass is 365 g/mol. The number of nitrogens with zero attached hydrogens (tertiary/aromatic N) is 2. The molecule has 0 saturated heterocycles. The molecule has 3 heterocycles. The summed E-state index contributed by atoms with van der Waals surface area (Å²) in [5.41, 5.74) is 3.92. The highest BCUT2D eigenvalue weighted by atomic mass is 32.1. The zero-order chi connectivity index (χ0) is 17.4. The molecule has 4 nitrogen and oxygen atoms in total. The van der Waals surface area contributed by atoms with E-state index in [0.717, 1.165) is 37.2 Å². The van der Waals surface area contributed by atoms with Gasteiger partial charge in [-0.2, -0.15) is 0 Å². The van der Waals surface area contributed by atoms with Crippen molar-refractivity contribution in [1.82, 2.24) is 9.97 Å². The zero-order valence-corrected chi connectivity index (χ0v) is 15.4.